The minimum absolute atomic E-state index is 0.0967. The molecule has 0 saturated heterocycles. The minimum atomic E-state index is -0.526. The highest BCUT2D eigenvalue weighted by atomic mass is 16.6. The van der Waals surface area contributed by atoms with Crippen molar-refractivity contribution in [3.05, 3.63) is 36.3 Å². The number of imidazole rings is 1. The van der Waals surface area contributed by atoms with Gasteiger partial charge in [0, 0.05) is 23.5 Å². The molecule has 8 nitrogen and oxygen atoms in total. The highest BCUT2D eigenvalue weighted by molar-refractivity contribution is 5.72. The molecule has 3 rings (SSSR count). The second-order valence-corrected chi connectivity index (χ2v) is 9.25. The van der Waals surface area contributed by atoms with Crippen LogP contribution in [0.3, 0.4) is 0 Å². The molecule has 0 unspecified atom stereocenters. The zero-order valence-corrected chi connectivity index (χ0v) is 19.1. The lowest BCUT2D eigenvalue weighted by molar-refractivity contribution is -0.155. The average molecular weight is 429 g/mol. The fraction of sp³-hybridized carbons (Fsp3) is 0.522. The van der Waals surface area contributed by atoms with Crippen LogP contribution in [0.15, 0.2) is 30.7 Å². The summed E-state index contributed by atoms with van der Waals surface area (Å²) in [6.07, 6.45) is 3.58. The first-order valence-corrected chi connectivity index (χ1v) is 10.6. The van der Waals surface area contributed by atoms with Crippen molar-refractivity contribution in [2.24, 2.45) is 0 Å². The molecule has 1 aliphatic heterocycles. The molecule has 1 aromatic heterocycles. The number of carbonyl (C=O) groups is 2. The van der Waals surface area contributed by atoms with Crippen molar-refractivity contribution in [2.45, 2.75) is 78.3 Å². The van der Waals surface area contributed by atoms with Crippen molar-refractivity contribution in [2.75, 3.05) is 5.32 Å². The number of hydrogen-bond acceptors (Lipinski definition) is 6. The van der Waals surface area contributed by atoms with Crippen molar-refractivity contribution < 1.29 is 19.1 Å². The Morgan fingerprint density at radius 1 is 1.32 bits per heavy atom. The average Bonchev–Trinajstić information content (AvgIpc) is 3.07. The topological polar surface area (TPSA) is 94.5 Å². The lowest BCUT2D eigenvalue weighted by atomic mass is 9.92. The van der Waals surface area contributed by atoms with E-state index in [1.54, 1.807) is 10.9 Å². The lowest BCUT2D eigenvalue weighted by Gasteiger charge is -2.32. The van der Waals surface area contributed by atoms with Gasteiger partial charge in [-0.25, -0.2) is 9.78 Å². The molecule has 31 heavy (non-hydrogen) atoms. The van der Waals surface area contributed by atoms with Gasteiger partial charge in [-0.2, -0.15) is 0 Å². The Morgan fingerprint density at radius 3 is 2.74 bits per heavy atom. The van der Waals surface area contributed by atoms with E-state index in [1.807, 2.05) is 59.0 Å². The highest BCUT2D eigenvalue weighted by Gasteiger charge is 2.27. The number of aromatic nitrogens is 2. The fourth-order valence-electron chi connectivity index (χ4n) is 3.59. The van der Waals surface area contributed by atoms with E-state index >= 15 is 0 Å². The summed E-state index contributed by atoms with van der Waals surface area (Å²) in [5.74, 6) is -0.312. The Morgan fingerprint density at radius 2 is 2.06 bits per heavy atom. The number of hydrogen-bond donors (Lipinski definition) is 2. The zero-order valence-electron chi connectivity index (χ0n) is 19.1. The Labute approximate surface area is 183 Å². The minimum Gasteiger partial charge on any atom is -0.459 e. The summed E-state index contributed by atoms with van der Waals surface area (Å²) >= 11 is 0. The molecule has 2 atom stereocenters. The van der Waals surface area contributed by atoms with Gasteiger partial charge in [-0.1, -0.05) is 6.07 Å². The van der Waals surface area contributed by atoms with Crippen LogP contribution in [0.5, 0.6) is 0 Å². The molecule has 2 N–H and O–H groups in total. The number of carbonyl (C=O) groups excluding carboxylic acids is 2. The predicted octanol–water partition coefficient (Wildman–Crippen LogP) is 4.27. The summed E-state index contributed by atoms with van der Waals surface area (Å²) in [4.78, 5) is 28.7. The van der Waals surface area contributed by atoms with Crippen molar-refractivity contribution in [1.82, 2.24) is 14.9 Å². The summed E-state index contributed by atoms with van der Waals surface area (Å²) < 4.78 is 12.3. The first kappa shape index (κ1) is 22.7. The third-order valence-corrected chi connectivity index (χ3v) is 4.71. The van der Waals surface area contributed by atoms with Gasteiger partial charge in [0.15, 0.2) is 0 Å². The van der Waals surface area contributed by atoms with Crippen LogP contribution in [0.25, 0.3) is 11.3 Å². The largest absolute Gasteiger partial charge is 0.459 e. The van der Waals surface area contributed by atoms with E-state index in [0.29, 0.717) is 0 Å². The van der Waals surface area contributed by atoms with Crippen molar-refractivity contribution in [1.29, 1.82) is 0 Å². The molecule has 168 valence electrons. The van der Waals surface area contributed by atoms with Gasteiger partial charge < -0.3 is 24.7 Å². The van der Waals surface area contributed by atoms with E-state index in [4.69, 9.17) is 9.47 Å². The summed E-state index contributed by atoms with van der Waals surface area (Å²) in [6.45, 7) is 11.3. The molecule has 1 amide bonds. The van der Waals surface area contributed by atoms with E-state index in [0.717, 1.165) is 28.9 Å². The van der Waals surface area contributed by atoms with Crippen LogP contribution in [0.1, 0.15) is 59.6 Å². The van der Waals surface area contributed by atoms with Crippen LogP contribution in [-0.4, -0.2) is 39.4 Å². The fourth-order valence-corrected chi connectivity index (χ4v) is 3.59. The molecule has 0 bridgehead atoms. The van der Waals surface area contributed by atoms with Crippen LogP contribution in [-0.2, 0) is 20.8 Å². The van der Waals surface area contributed by atoms with Gasteiger partial charge in [0.2, 0.25) is 0 Å². The van der Waals surface area contributed by atoms with E-state index in [1.165, 1.54) is 0 Å². The quantitative estimate of drug-likeness (QED) is 0.691. The molecule has 0 fully saturated rings. The maximum Gasteiger partial charge on any atom is 0.407 e. The van der Waals surface area contributed by atoms with Gasteiger partial charge in [-0.05, 0) is 65.7 Å². The molecule has 1 aromatic carbocycles. The number of fused-ring (bicyclic) bond motifs is 1. The van der Waals surface area contributed by atoms with E-state index in [2.05, 4.69) is 22.5 Å². The van der Waals surface area contributed by atoms with E-state index in [9.17, 15) is 9.59 Å². The molecule has 0 saturated carbocycles. The molecular formula is C23H32N4O4. The summed E-state index contributed by atoms with van der Waals surface area (Å²) in [6, 6.07) is 6.05. The van der Waals surface area contributed by atoms with Crippen LogP contribution < -0.4 is 10.6 Å². The number of rotatable bonds is 5. The Kier molecular flexibility index (Phi) is 6.57. The Balaban J connectivity index is 1.79. The highest BCUT2D eigenvalue weighted by Crippen LogP contribution is 2.35. The maximum absolute atomic E-state index is 12.2. The molecule has 1 aliphatic rings. The lowest BCUT2D eigenvalue weighted by Crippen LogP contribution is -2.37. The summed E-state index contributed by atoms with van der Waals surface area (Å²) in [5, 5.41) is 6.44. The first-order valence-electron chi connectivity index (χ1n) is 10.6. The SMILES string of the molecule is CC(C)OC(=O)N[C@H]1C[C@@H](C)Nc2ccc(-c3cn(CC(=O)OC(C)(C)C)cn3)cc21. The molecule has 2 aromatic rings. The normalized spacial score (nSPS) is 18.2. The second-order valence-electron chi connectivity index (χ2n) is 9.25. The van der Waals surface area contributed by atoms with Gasteiger partial charge >= 0.3 is 12.1 Å². The van der Waals surface area contributed by atoms with Crippen molar-refractivity contribution in [3.8, 4) is 11.3 Å². The number of benzene rings is 1. The molecule has 2 heterocycles. The van der Waals surface area contributed by atoms with E-state index < -0.39 is 11.7 Å². The predicted molar refractivity (Wildman–Crippen MR) is 119 cm³/mol. The molecular weight excluding hydrogens is 396 g/mol. The van der Waals surface area contributed by atoms with Gasteiger partial charge in [0.25, 0.3) is 0 Å². The first-order chi connectivity index (χ1) is 14.5. The van der Waals surface area contributed by atoms with Crippen LogP contribution >= 0.6 is 0 Å². The van der Waals surface area contributed by atoms with E-state index in [-0.39, 0.29) is 30.7 Å². The van der Waals surface area contributed by atoms with Gasteiger partial charge in [-0.15, -0.1) is 0 Å². The number of amides is 1. The number of anilines is 1. The smallest absolute Gasteiger partial charge is 0.407 e. The van der Waals surface area contributed by atoms with Gasteiger partial charge in [0.1, 0.15) is 12.1 Å². The second kappa shape index (κ2) is 8.99. The zero-order chi connectivity index (χ0) is 22.8. The standard InChI is InChI=1S/C23H32N4O4/c1-14(2)30-22(29)26-19-9-15(3)25-18-8-7-16(10-17(18)19)20-11-27(13-24-20)12-21(28)31-23(4,5)6/h7-8,10-11,13-15,19,25H,9,12H2,1-6H3,(H,26,29)/t15-,19+/m1/s1. The number of esters is 1. The third kappa shape index (κ3) is 6.23. The van der Waals surface area contributed by atoms with Gasteiger partial charge in [-0.3, -0.25) is 4.79 Å². The maximum atomic E-state index is 12.2. The van der Waals surface area contributed by atoms with Crippen LogP contribution in [0, 0.1) is 0 Å². The number of alkyl carbamates (subject to hydrolysis) is 1. The van der Waals surface area contributed by atoms with Gasteiger partial charge in [0.05, 0.1) is 24.2 Å². The molecule has 0 radical (unpaired) electrons. The third-order valence-electron chi connectivity index (χ3n) is 4.71. The van der Waals surface area contributed by atoms with Crippen molar-refractivity contribution >= 4 is 17.7 Å². The number of ether oxygens (including phenoxy) is 2. The molecule has 0 spiro atoms. The Hall–Kier alpha value is -3.03. The summed E-state index contributed by atoms with van der Waals surface area (Å²) in [5.41, 5.74) is 3.08. The monoisotopic (exact) mass is 428 g/mol. The van der Waals surface area contributed by atoms with Crippen LogP contribution in [0.2, 0.25) is 0 Å². The van der Waals surface area contributed by atoms with Crippen molar-refractivity contribution in [3.63, 3.8) is 0 Å². The number of nitrogens with one attached hydrogen (secondary N) is 2. The summed E-state index contributed by atoms with van der Waals surface area (Å²) in [7, 11) is 0. The number of nitrogens with zero attached hydrogens (tertiary/aromatic N) is 2. The Bertz CT molecular complexity index is 945. The van der Waals surface area contributed by atoms with Crippen LogP contribution in [0.4, 0.5) is 10.5 Å². The molecule has 0 aliphatic carbocycles. The molecule has 8 heteroatoms.